The molecule has 0 radical (unpaired) electrons. The van der Waals surface area contributed by atoms with Crippen LogP contribution in [-0.4, -0.2) is 37.8 Å². The molecule has 5 unspecified atom stereocenters. The number of hydrogen-bond donors (Lipinski definition) is 4. The van der Waals surface area contributed by atoms with Crippen molar-refractivity contribution in [1.82, 2.24) is 10.2 Å². The maximum absolute atomic E-state index is 16.1. The van der Waals surface area contributed by atoms with Crippen molar-refractivity contribution in [2.24, 2.45) is 17.3 Å². The summed E-state index contributed by atoms with van der Waals surface area (Å²) in [4.78, 5) is 0. The first-order valence-corrected chi connectivity index (χ1v) is 12.0. The van der Waals surface area contributed by atoms with Gasteiger partial charge in [0.05, 0.1) is 17.2 Å². The first kappa shape index (κ1) is 20.4. The zero-order valence-electron chi connectivity index (χ0n) is 18.6. The largest absolute Gasteiger partial charge is 0.393 e. The van der Waals surface area contributed by atoms with Gasteiger partial charge in [0.25, 0.3) is 0 Å². The van der Waals surface area contributed by atoms with E-state index in [9.17, 15) is 10.2 Å². The number of anilines is 1. The van der Waals surface area contributed by atoms with Gasteiger partial charge in [-0.1, -0.05) is 25.1 Å². The highest BCUT2D eigenvalue weighted by molar-refractivity contribution is 5.92. The van der Waals surface area contributed by atoms with E-state index in [1.54, 1.807) is 0 Å². The summed E-state index contributed by atoms with van der Waals surface area (Å²) < 4.78 is 16.1. The van der Waals surface area contributed by atoms with Gasteiger partial charge in [-0.2, -0.15) is 5.10 Å². The van der Waals surface area contributed by atoms with Crippen LogP contribution in [0, 0.1) is 17.3 Å². The van der Waals surface area contributed by atoms with Crippen LogP contribution in [0.4, 0.5) is 10.2 Å². The predicted octanol–water partition coefficient (Wildman–Crippen LogP) is 4.67. The van der Waals surface area contributed by atoms with Crippen LogP contribution in [0.25, 0.3) is 16.5 Å². The normalized spacial score (nSPS) is 41.3. The fourth-order valence-corrected chi connectivity index (χ4v) is 7.48. The van der Waals surface area contributed by atoms with Crippen LogP contribution in [0.3, 0.4) is 0 Å². The lowest BCUT2D eigenvalue weighted by molar-refractivity contribution is -0.0359. The molecule has 6 heteroatoms. The number of aliphatic hydroxyl groups is 2. The molecule has 0 saturated heterocycles. The van der Waals surface area contributed by atoms with Crippen LogP contribution in [0.15, 0.2) is 35.9 Å². The van der Waals surface area contributed by atoms with E-state index in [1.165, 1.54) is 5.57 Å². The third-order valence-electron chi connectivity index (χ3n) is 9.26. The standard InChI is InChI=1S/C26H32FN3O2/c1-24-10-8-17-13-25(27)14-18(31)4-3-16(25)9-11-26(17,32)22(24)7-5-20(24)15-2-6-21-19(12-15)23(28)30-29-21/h2,5-6,8,12,16,18,22,31-32H,3-4,7,9-11,13-14H2,1H3,(H3,28,29,30)/t16?,18?,22?,24?,25?,26-/m1/s1. The SMILES string of the molecule is CC12CC=C3CC4(F)CC(O)CCC4CC[C@]3(O)C1CC=C2c1ccc2[nH]nc(N)c2c1. The van der Waals surface area contributed by atoms with Gasteiger partial charge in [-0.3, -0.25) is 5.10 Å². The molecule has 6 atom stereocenters. The second kappa shape index (κ2) is 6.67. The molecule has 0 spiro atoms. The Morgan fingerprint density at radius 1 is 1.22 bits per heavy atom. The second-order valence-corrected chi connectivity index (χ2v) is 10.9. The number of allylic oxidation sites excluding steroid dienone is 3. The van der Waals surface area contributed by atoms with Crippen LogP contribution < -0.4 is 5.73 Å². The number of nitrogens with two attached hydrogens (primary N) is 1. The summed E-state index contributed by atoms with van der Waals surface area (Å²) in [6.45, 7) is 2.25. The van der Waals surface area contributed by atoms with Crippen molar-refractivity contribution in [2.45, 2.75) is 75.7 Å². The molecule has 1 aromatic carbocycles. The number of rotatable bonds is 1. The zero-order chi connectivity index (χ0) is 22.3. The topological polar surface area (TPSA) is 95.2 Å². The summed E-state index contributed by atoms with van der Waals surface area (Å²) >= 11 is 0. The molecule has 4 aliphatic rings. The summed E-state index contributed by atoms with van der Waals surface area (Å²) in [5.41, 5.74) is 7.56. The number of aromatic amines is 1. The lowest BCUT2D eigenvalue weighted by atomic mass is 9.58. The van der Waals surface area contributed by atoms with Crippen molar-refractivity contribution in [3.63, 3.8) is 0 Å². The smallest absolute Gasteiger partial charge is 0.153 e. The number of nitrogen functional groups attached to an aromatic ring is 1. The van der Waals surface area contributed by atoms with E-state index in [2.05, 4.69) is 41.4 Å². The number of aromatic nitrogens is 2. The third kappa shape index (κ3) is 2.72. The minimum Gasteiger partial charge on any atom is -0.393 e. The van der Waals surface area contributed by atoms with Crippen molar-refractivity contribution >= 4 is 22.3 Å². The molecular weight excluding hydrogens is 405 g/mol. The van der Waals surface area contributed by atoms with Gasteiger partial charge in [-0.25, -0.2) is 4.39 Å². The number of nitrogens with zero attached hydrogens (tertiary/aromatic N) is 1. The Labute approximate surface area is 187 Å². The number of benzene rings is 1. The van der Waals surface area contributed by atoms with E-state index >= 15 is 4.39 Å². The Morgan fingerprint density at radius 2 is 2.06 bits per heavy atom. The Bertz CT molecular complexity index is 1160. The van der Waals surface area contributed by atoms with E-state index < -0.39 is 17.4 Å². The molecule has 4 aliphatic carbocycles. The summed E-state index contributed by atoms with van der Waals surface area (Å²) in [5, 5.41) is 30.3. The first-order chi connectivity index (χ1) is 15.2. The summed E-state index contributed by atoms with van der Waals surface area (Å²) in [7, 11) is 0. The Kier molecular flexibility index (Phi) is 4.26. The minimum atomic E-state index is -1.40. The molecule has 6 rings (SSSR count). The maximum atomic E-state index is 16.1. The minimum absolute atomic E-state index is 0.0241. The third-order valence-corrected chi connectivity index (χ3v) is 9.26. The molecule has 0 aliphatic heterocycles. The van der Waals surface area contributed by atoms with Crippen LogP contribution in [-0.2, 0) is 0 Å². The Hall–Kier alpha value is -2.18. The number of alkyl halides is 1. The zero-order valence-corrected chi connectivity index (χ0v) is 18.6. The highest BCUT2D eigenvalue weighted by Crippen LogP contribution is 2.63. The Balaban J connectivity index is 1.37. The lowest BCUT2D eigenvalue weighted by Gasteiger charge is -2.49. The van der Waals surface area contributed by atoms with Crippen molar-refractivity contribution in [3.8, 4) is 0 Å². The van der Waals surface area contributed by atoms with Gasteiger partial charge in [0.1, 0.15) is 5.67 Å². The predicted molar refractivity (Wildman–Crippen MR) is 123 cm³/mol. The van der Waals surface area contributed by atoms with Gasteiger partial charge in [-0.15, -0.1) is 0 Å². The van der Waals surface area contributed by atoms with Gasteiger partial charge in [-0.05, 0) is 73.3 Å². The van der Waals surface area contributed by atoms with Crippen molar-refractivity contribution in [1.29, 1.82) is 0 Å². The molecule has 5 N–H and O–H groups in total. The molecule has 2 saturated carbocycles. The fraction of sp³-hybridized carbons (Fsp3) is 0.577. The number of halogens is 1. The van der Waals surface area contributed by atoms with E-state index in [0.29, 0.717) is 31.5 Å². The quantitative estimate of drug-likeness (QED) is 0.488. The number of hydrogen-bond acceptors (Lipinski definition) is 4. The van der Waals surface area contributed by atoms with Gasteiger partial charge in [0.15, 0.2) is 5.82 Å². The lowest BCUT2D eigenvalue weighted by Crippen LogP contribution is -2.49. The van der Waals surface area contributed by atoms with Crippen molar-refractivity contribution < 1.29 is 14.6 Å². The van der Waals surface area contributed by atoms with Gasteiger partial charge < -0.3 is 15.9 Å². The van der Waals surface area contributed by atoms with E-state index in [1.807, 2.05) is 6.07 Å². The molecule has 32 heavy (non-hydrogen) atoms. The number of aliphatic hydroxyl groups excluding tert-OH is 1. The molecule has 5 nitrogen and oxygen atoms in total. The van der Waals surface area contributed by atoms with E-state index in [4.69, 9.17) is 5.73 Å². The second-order valence-electron chi connectivity index (χ2n) is 10.9. The fourth-order valence-electron chi connectivity index (χ4n) is 7.48. The van der Waals surface area contributed by atoms with Gasteiger partial charge in [0.2, 0.25) is 0 Å². The summed E-state index contributed by atoms with van der Waals surface area (Å²) in [6, 6.07) is 6.21. The number of fused-ring (bicyclic) bond motifs is 5. The molecule has 170 valence electrons. The highest BCUT2D eigenvalue weighted by atomic mass is 19.1. The first-order valence-electron chi connectivity index (χ1n) is 12.0. The van der Waals surface area contributed by atoms with Crippen LogP contribution >= 0.6 is 0 Å². The molecule has 2 fully saturated rings. The average molecular weight is 438 g/mol. The molecule has 0 bridgehead atoms. The van der Waals surface area contributed by atoms with Crippen LogP contribution in [0.5, 0.6) is 0 Å². The van der Waals surface area contributed by atoms with Crippen molar-refractivity contribution in [2.75, 3.05) is 5.73 Å². The van der Waals surface area contributed by atoms with Crippen molar-refractivity contribution in [3.05, 3.63) is 41.5 Å². The molecule has 2 aromatic rings. The highest BCUT2D eigenvalue weighted by Gasteiger charge is 2.59. The van der Waals surface area contributed by atoms with Crippen LogP contribution in [0.2, 0.25) is 0 Å². The summed E-state index contributed by atoms with van der Waals surface area (Å²) in [6.07, 6.45) is 8.48. The molecule has 1 aromatic heterocycles. The van der Waals surface area contributed by atoms with E-state index in [0.717, 1.165) is 34.9 Å². The van der Waals surface area contributed by atoms with Gasteiger partial charge >= 0.3 is 0 Å². The average Bonchev–Trinajstić information content (AvgIpc) is 3.27. The summed E-state index contributed by atoms with van der Waals surface area (Å²) in [5.74, 6) is 0.442. The maximum Gasteiger partial charge on any atom is 0.153 e. The molecular formula is C26H32FN3O2. The van der Waals surface area contributed by atoms with E-state index in [-0.39, 0.29) is 30.1 Å². The molecule has 0 amide bonds. The monoisotopic (exact) mass is 437 g/mol. The van der Waals surface area contributed by atoms with Crippen LogP contribution in [0.1, 0.15) is 63.9 Å². The number of nitrogens with one attached hydrogen (secondary N) is 1. The van der Waals surface area contributed by atoms with Gasteiger partial charge in [0, 0.05) is 29.6 Å². The number of H-pyrrole nitrogens is 1. The Morgan fingerprint density at radius 3 is 2.91 bits per heavy atom. The molecule has 1 heterocycles.